The Bertz CT molecular complexity index is 1000. The topological polar surface area (TPSA) is 91.4 Å². The van der Waals surface area contributed by atoms with Crippen molar-refractivity contribution in [2.75, 3.05) is 23.3 Å². The molecule has 1 saturated heterocycles. The SMILES string of the molecule is C[C@@H](NS(=O)(=O)c1ccccc1C(F)(F)F)C(=O)Nc1ccc(N2CCCC2)nc1. The van der Waals surface area contributed by atoms with Gasteiger partial charge in [0, 0.05) is 13.1 Å². The fourth-order valence-corrected chi connectivity index (χ4v) is 4.56. The van der Waals surface area contributed by atoms with Crippen LogP contribution in [0.1, 0.15) is 25.3 Å². The molecule has 0 saturated carbocycles. The molecular weight excluding hydrogens is 421 g/mol. The van der Waals surface area contributed by atoms with E-state index in [1.807, 2.05) is 4.72 Å². The fourth-order valence-electron chi connectivity index (χ4n) is 3.13. The number of nitrogens with one attached hydrogen (secondary N) is 2. The summed E-state index contributed by atoms with van der Waals surface area (Å²) in [6.07, 6.45) is -1.21. The normalized spacial score (nSPS) is 15.8. The van der Waals surface area contributed by atoms with Gasteiger partial charge in [0.2, 0.25) is 15.9 Å². The summed E-state index contributed by atoms with van der Waals surface area (Å²) < 4.78 is 66.3. The molecule has 7 nitrogen and oxygen atoms in total. The second kappa shape index (κ2) is 8.60. The van der Waals surface area contributed by atoms with Crippen molar-refractivity contribution in [3.8, 4) is 0 Å². The molecule has 3 rings (SSSR count). The Hall–Kier alpha value is -2.66. The maximum Gasteiger partial charge on any atom is 0.417 e. The van der Waals surface area contributed by atoms with Crippen LogP contribution in [0.25, 0.3) is 0 Å². The smallest absolute Gasteiger partial charge is 0.357 e. The lowest BCUT2D eigenvalue weighted by molar-refractivity contribution is -0.139. The molecule has 1 aromatic carbocycles. The molecule has 0 unspecified atom stereocenters. The molecule has 0 spiro atoms. The van der Waals surface area contributed by atoms with Gasteiger partial charge in [0.25, 0.3) is 0 Å². The van der Waals surface area contributed by atoms with E-state index in [2.05, 4.69) is 15.2 Å². The van der Waals surface area contributed by atoms with Crippen LogP contribution in [0, 0.1) is 0 Å². The van der Waals surface area contributed by atoms with Gasteiger partial charge in [-0.1, -0.05) is 12.1 Å². The van der Waals surface area contributed by atoms with Gasteiger partial charge in [0.15, 0.2) is 0 Å². The number of nitrogens with zero attached hydrogens (tertiary/aromatic N) is 2. The summed E-state index contributed by atoms with van der Waals surface area (Å²) in [6.45, 7) is 3.07. The van der Waals surface area contributed by atoms with E-state index in [4.69, 9.17) is 0 Å². The Morgan fingerprint density at radius 1 is 1.13 bits per heavy atom. The highest BCUT2D eigenvalue weighted by Gasteiger charge is 2.37. The van der Waals surface area contributed by atoms with E-state index in [-0.39, 0.29) is 0 Å². The minimum absolute atomic E-state index is 0.352. The van der Waals surface area contributed by atoms with Gasteiger partial charge >= 0.3 is 6.18 Å². The molecule has 1 aliphatic rings. The molecule has 0 aliphatic carbocycles. The molecule has 162 valence electrons. The van der Waals surface area contributed by atoms with Gasteiger partial charge in [-0.25, -0.2) is 13.4 Å². The van der Waals surface area contributed by atoms with E-state index >= 15 is 0 Å². The monoisotopic (exact) mass is 442 g/mol. The lowest BCUT2D eigenvalue weighted by Crippen LogP contribution is -2.42. The third kappa shape index (κ3) is 5.08. The number of carbonyl (C=O) groups excluding carboxylic acids is 1. The number of benzene rings is 1. The number of hydrogen-bond donors (Lipinski definition) is 2. The van der Waals surface area contributed by atoms with Crippen molar-refractivity contribution >= 4 is 27.4 Å². The molecule has 1 amide bonds. The number of carbonyl (C=O) groups is 1. The quantitative estimate of drug-likeness (QED) is 0.718. The summed E-state index contributed by atoms with van der Waals surface area (Å²) in [6, 6.07) is 5.87. The maximum atomic E-state index is 13.1. The first-order valence-corrected chi connectivity index (χ1v) is 10.8. The number of pyridine rings is 1. The lowest BCUT2D eigenvalue weighted by atomic mass is 10.2. The molecule has 0 bridgehead atoms. The molecule has 2 heterocycles. The molecule has 1 aromatic heterocycles. The average Bonchev–Trinajstić information content (AvgIpc) is 3.22. The highest BCUT2D eigenvalue weighted by atomic mass is 32.2. The molecule has 2 N–H and O–H groups in total. The van der Waals surface area contributed by atoms with Gasteiger partial charge in [-0.05, 0) is 44.0 Å². The Morgan fingerprint density at radius 3 is 2.40 bits per heavy atom. The van der Waals surface area contributed by atoms with Gasteiger partial charge < -0.3 is 10.2 Å². The summed E-state index contributed by atoms with van der Waals surface area (Å²) in [4.78, 5) is 17.8. The van der Waals surface area contributed by atoms with Gasteiger partial charge in [0.05, 0.1) is 28.4 Å². The van der Waals surface area contributed by atoms with Crippen LogP contribution < -0.4 is 14.9 Å². The van der Waals surface area contributed by atoms with Gasteiger partial charge in [0.1, 0.15) is 5.82 Å². The summed E-state index contributed by atoms with van der Waals surface area (Å²) in [5.41, 5.74) is -0.948. The lowest BCUT2D eigenvalue weighted by Gasteiger charge is -2.18. The largest absolute Gasteiger partial charge is 0.417 e. The zero-order valence-corrected chi connectivity index (χ0v) is 16.9. The van der Waals surface area contributed by atoms with Crippen LogP contribution in [-0.4, -0.2) is 38.4 Å². The third-order valence-electron chi connectivity index (χ3n) is 4.65. The Kier molecular flexibility index (Phi) is 6.32. The second-order valence-electron chi connectivity index (χ2n) is 6.93. The van der Waals surface area contributed by atoms with Crippen molar-refractivity contribution < 1.29 is 26.4 Å². The van der Waals surface area contributed by atoms with E-state index < -0.39 is 38.6 Å². The number of sulfonamides is 1. The summed E-state index contributed by atoms with van der Waals surface area (Å²) in [7, 11) is -4.58. The first-order valence-electron chi connectivity index (χ1n) is 9.28. The van der Waals surface area contributed by atoms with Crippen LogP contribution >= 0.6 is 0 Å². The van der Waals surface area contributed by atoms with E-state index in [1.54, 1.807) is 12.1 Å². The highest BCUT2D eigenvalue weighted by Crippen LogP contribution is 2.33. The van der Waals surface area contributed by atoms with E-state index in [0.717, 1.165) is 43.9 Å². The second-order valence-corrected chi connectivity index (χ2v) is 8.61. The van der Waals surface area contributed by atoms with Crippen LogP contribution in [0.15, 0.2) is 47.5 Å². The Labute approximate surface area is 172 Å². The molecule has 0 radical (unpaired) electrons. The van der Waals surface area contributed by atoms with Crippen LogP contribution in [-0.2, 0) is 21.0 Å². The average molecular weight is 442 g/mol. The molecule has 2 aromatic rings. The van der Waals surface area contributed by atoms with Crippen molar-refractivity contribution in [1.29, 1.82) is 0 Å². The molecule has 1 fully saturated rings. The van der Waals surface area contributed by atoms with E-state index in [0.29, 0.717) is 11.8 Å². The van der Waals surface area contributed by atoms with Crippen molar-refractivity contribution in [1.82, 2.24) is 9.71 Å². The Morgan fingerprint density at radius 2 is 1.80 bits per heavy atom. The molecule has 30 heavy (non-hydrogen) atoms. The summed E-state index contributed by atoms with van der Waals surface area (Å²) in [5.74, 6) is 0.0572. The summed E-state index contributed by atoms with van der Waals surface area (Å²) >= 11 is 0. The van der Waals surface area contributed by atoms with Crippen LogP contribution in [0.2, 0.25) is 0 Å². The van der Waals surface area contributed by atoms with Gasteiger partial charge in [-0.3, -0.25) is 4.79 Å². The fraction of sp³-hybridized carbons (Fsp3) is 0.368. The third-order valence-corrected chi connectivity index (χ3v) is 6.25. The predicted octanol–water partition coefficient (Wildman–Crippen LogP) is 3.01. The van der Waals surface area contributed by atoms with Crippen molar-refractivity contribution in [3.63, 3.8) is 0 Å². The van der Waals surface area contributed by atoms with Crippen molar-refractivity contribution in [3.05, 3.63) is 48.2 Å². The zero-order chi connectivity index (χ0) is 21.9. The van der Waals surface area contributed by atoms with Crippen LogP contribution in [0.3, 0.4) is 0 Å². The number of amides is 1. The molecule has 11 heteroatoms. The molecule has 1 atom stereocenters. The first kappa shape index (κ1) is 22.0. The number of anilines is 2. The van der Waals surface area contributed by atoms with Crippen molar-refractivity contribution in [2.24, 2.45) is 0 Å². The maximum absolute atomic E-state index is 13.1. The predicted molar refractivity (Wildman–Crippen MR) is 106 cm³/mol. The summed E-state index contributed by atoms with van der Waals surface area (Å²) in [5, 5.41) is 2.51. The van der Waals surface area contributed by atoms with Crippen molar-refractivity contribution in [2.45, 2.75) is 36.9 Å². The minimum atomic E-state index is -4.85. The molecular formula is C19H21F3N4O3S. The highest BCUT2D eigenvalue weighted by molar-refractivity contribution is 7.89. The van der Waals surface area contributed by atoms with E-state index in [1.165, 1.54) is 19.2 Å². The molecule has 1 aliphatic heterocycles. The van der Waals surface area contributed by atoms with E-state index in [9.17, 15) is 26.4 Å². The van der Waals surface area contributed by atoms with Crippen LogP contribution in [0.5, 0.6) is 0 Å². The Balaban J connectivity index is 1.68. The van der Waals surface area contributed by atoms with Gasteiger partial charge in [-0.15, -0.1) is 0 Å². The minimum Gasteiger partial charge on any atom is -0.357 e. The van der Waals surface area contributed by atoms with Crippen LogP contribution in [0.4, 0.5) is 24.7 Å². The zero-order valence-electron chi connectivity index (χ0n) is 16.1. The number of aromatic nitrogens is 1. The number of hydrogen-bond acceptors (Lipinski definition) is 5. The first-order chi connectivity index (χ1) is 14.1. The number of alkyl halides is 3. The number of rotatable bonds is 6. The number of halogens is 3. The van der Waals surface area contributed by atoms with Gasteiger partial charge in [-0.2, -0.15) is 17.9 Å². The standard InChI is InChI=1S/C19H21F3N4O3S/c1-13(25-30(28,29)16-7-3-2-6-15(16)19(20,21)22)18(27)24-14-8-9-17(23-12-14)26-10-4-5-11-26/h2-3,6-9,12-13,25H,4-5,10-11H2,1H3,(H,24,27)/t13-/m1/s1.